The van der Waals surface area contributed by atoms with Crippen LogP contribution in [0.1, 0.15) is 52.9 Å². The highest BCUT2D eigenvalue weighted by molar-refractivity contribution is 7.88. The predicted molar refractivity (Wildman–Crippen MR) is 93.8 cm³/mol. The zero-order valence-electron chi connectivity index (χ0n) is 15.0. The van der Waals surface area contributed by atoms with E-state index in [1.165, 1.54) is 36.2 Å². The molecule has 0 heterocycles. The van der Waals surface area contributed by atoms with Crippen molar-refractivity contribution < 1.29 is 13.2 Å². The van der Waals surface area contributed by atoms with Gasteiger partial charge in [-0.1, -0.05) is 19.8 Å². The van der Waals surface area contributed by atoms with Gasteiger partial charge in [-0.25, -0.2) is 8.42 Å². The topological polar surface area (TPSA) is 69.7 Å². The molecule has 0 unspecified atom stereocenters. The molecule has 0 bridgehead atoms. The molecule has 0 aromatic heterocycles. The summed E-state index contributed by atoms with van der Waals surface area (Å²) in [6.45, 7) is 8.12. The number of nitrogens with one attached hydrogen (secondary N) is 1. The second kappa shape index (κ2) is 9.59. The Bertz CT molecular complexity index is 459. The number of hydrogen-bond acceptors (Lipinski definition) is 4. The van der Waals surface area contributed by atoms with Crippen LogP contribution in [0.5, 0.6) is 0 Å². The second-order valence-electron chi connectivity index (χ2n) is 6.67. The average molecular weight is 348 g/mol. The van der Waals surface area contributed by atoms with Gasteiger partial charge in [-0.2, -0.15) is 4.31 Å². The Kier molecular flexibility index (Phi) is 8.50. The maximum Gasteiger partial charge on any atom is 0.234 e. The highest BCUT2D eigenvalue weighted by Gasteiger charge is 2.23. The van der Waals surface area contributed by atoms with Crippen LogP contribution in [0, 0.1) is 0 Å². The third-order valence-corrected chi connectivity index (χ3v) is 5.93. The normalized spacial score (nSPS) is 16.7. The van der Waals surface area contributed by atoms with Gasteiger partial charge in [0.15, 0.2) is 0 Å². The van der Waals surface area contributed by atoms with Crippen molar-refractivity contribution in [3.63, 3.8) is 0 Å². The smallest absolute Gasteiger partial charge is 0.234 e. The summed E-state index contributed by atoms with van der Waals surface area (Å²) in [7, 11) is -3.19. The third-order valence-electron chi connectivity index (χ3n) is 4.47. The summed E-state index contributed by atoms with van der Waals surface area (Å²) in [4.78, 5) is 14.3. The first-order valence-electron chi connectivity index (χ1n) is 8.73. The molecule has 7 heteroatoms. The van der Waals surface area contributed by atoms with E-state index in [4.69, 9.17) is 0 Å². The molecule has 0 aromatic rings. The van der Waals surface area contributed by atoms with Crippen LogP contribution in [0.2, 0.25) is 0 Å². The van der Waals surface area contributed by atoms with Crippen molar-refractivity contribution >= 4 is 15.9 Å². The monoisotopic (exact) mass is 347 g/mol. The van der Waals surface area contributed by atoms with Gasteiger partial charge in [-0.3, -0.25) is 9.69 Å². The van der Waals surface area contributed by atoms with E-state index in [1.54, 1.807) is 0 Å². The molecule has 0 radical (unpaired) electrons. The lowest BCUT2D eigenvalue weighted by molar-refractivity contribution is -0.122. The van der Waals surface area contributed by atoms with Crippen molar-refractivity contribution in [2.24, 2.45) is 0 Å². The molecule has 136 valence electrons. The van der Waals surface area contributed by atoms with Gasteiger partial charge < -0.3 is 5.32 Å². The maximum absolute atomic E-state index is 12.1. The molecule has 0 aliphatic heterocycles. The van der Waals surface area contributed by atoms with Crippen molar-refractivity contribution in [2.75, 3.05) is 32.4 Å². The Balaban J connectivity index is 2.30. The third kappa shape index (κ3) is 7.18. The van der Waals surface area contributed by atoms with Crippen molar-refractivity contribution in [3.8, 4) is 0 Å². The first-order chi connectivity index (χ1) is 10.8. The lowest BCUT2D eigenvalue weighted by atomic mass is 10.2. The largest absolute Gasteiger partial charge is 0.355 e. The van der Waals surface area contributed by atoms with Gasteiger partial charge in [-0.05, 0) is 39.7 Å². The van der Waals surface area contributed by atoms with Crippen LogP contribution in [0.3, 0.4) is 0 Å². The van der Waals surface area contributed by atoms with Gasteiger partial charge in [0.2, 0.25) is 15.9 Å². The molecule has 1 rings (SSSR count). The first-order valence-corrected chi connectivity index (χ1v) is 10.6. The van der Waals surface area contributed by atoms with Crippen LogP contribution < -0.4 is 5.32 Å². The van der Waals surface area contributed by atoms with Gasteiger partial charge >= 0.3 is 0 Å². The molecule has 0 atom stereocenters. The summed E-state index contributed by atoms with van der Waals surface area (Å²) in [5.74, 6) is 0.0363. The summed E-state index contributed by atoms with van der Waals surface area (Å²) in [5, 5.41) is 2.91. The minimum absolute atomic E-state index is 0.0363. The Morgan fingerprint density at radius 3 is 2.35 bits per heavy atom. The highest BCUT2D eigenvalue weighted by atomic mass is 32.2. The van der Waals surface area contributed by atoms with Crippen molar-refractivity contribution in [2.45, 2.75) is 65.0 Å². The molecule has 1 fully saturated rings. The van der Waals surface area contributed by atoms with E-state index in [9.17, 15) is 13.2 Å². The Hall–Kier alpha value is -0.660. The number of sulfonamides is 1. The zero-order chi connectivity index (χ0) is 17.5. The minimum atomic E-state index is -3.19. The van der Waals surface area contributed by atoms with Gasteiger partial charge in [0.1, 0.15) is 0 Å². The van der Waals surface area contributed by atoms with E-state index >= 15 is 0 Å². The lowest BCUT2D eigenvalue weighted by Crippen LogP contribution is -2.43. The van der Waals surface area contributed by atoms with Crippen LogP contribution in [-0.2, 0) is 14.8 Å². The van der Waals surface area contributed by atoms with Crippen molar-refractivity contribution in [3.05, 3.63) is 0 Å². The van der Waals surface area contributed by atoms with E-state index in [1.807, 2.05) is 13.8 Å². The standard InChI is InChI=1S/C16H33N3O3S/c1-5-18(15-9-6-7-10-15)13-16(20)17-11-8-12-19(14(2)3)23(4,21)22/h14-15H,5-13H2,1-4H3,(H,17,20). The fraction of sp³-hybridized carbons (Fsp3) is 0.938. The Labute approximate surface area is 141 Å². The van der Waals surface area contributed by atoms with Gasteiger partial charge in [0.05, 0.1) is 12.8 Å². The quantitative estimate of drug-likeness (QED) is 0.607. The number of likely N-dealkylation sites (N-methyl/N-ethyl adjacent to an activating group) is 1. The molecule has 0 aromatic carbocycles. The fourth-order valence-corrected chi connectivity index (χ4v) is 4.51. The molecule has 1 N–H and O–H groups in total. The first kappa shape index (κ1) is 20.4. The van der Waals surface area contributed by atoms with Crippen LogP contribution in [0.25, 0.3) is 0 Å². The second-order valence-corrected chi connectivity index (χ2v) is 8.61. The molecule has 6 nitrogen and oxygen atoms in total. The number of rotatable bonds is 10. The van der Waals surface area contributed by atoms with E-state index in [2.05, 4.69) is 17.1 Å². The minimum Gasteiger partial charge on any atom is -0.355 e. The van der Waals surface area contributed by atoms with Crippen molar-refractivity contribution in [1.82, 2.24) is 14.5 Å². The van der Waals surface area contributed by atoms with E-state index in [-0.39, 0.29) is 11.9 Å². The van der Waals surface area contributed by atoms with Gasteiger partial charge in [0.25, 0.3) is 0 Å². The number of carbonyl (C=O) groups excluding carboxylic acids is 1. The number of nitrogens with zero attached hydrogens (tertiary/aromatic N) is 2. The maximum atomic E-state index is 12.1. The zero-order valence-corrected chi connectivity index (χ0v) is 15.9. The summed E-state index contributed by atoms with van der Waals surface area (Å²) in [6.07, 6.45) is 6.77. The molecule has 0 spiro atoms. The Morgan fingerprint density at radius 1 is 1.26 bits per heavy atom. The molecule has 1 aliphatic rings. The molecule has 1 aliphatic carbocycles. The van der Waals surface area contributed by atoms with Gasteiger partial charge in [0, 0.05) is 25.2 Å². The Morgan fingerprint density at radius 2 is 1.87 bits per heavy atom. The molecular formula is C16H33N3O3S. The van der Waals surface area contributed by atoms with E-state index in [0.29, 0.717) is 32.1 Å². The average Bonchev–Trinajstić information content (AvgIpc) is 2.96. The highest BCUT2D eigenvalue weighted by Crippen LogP contribution is 2.22. The molecule has 0 saturated heterocycles. The molecule has 23 heavy (non-hydrogen) atoms. The molecule has 1 amide bonds. The number of amides is 1. The summed E-state index contributed by atoms with van der Waals surface area (Å²) in [6, 6.07) is 0.492. The van der Waals surface area contributed by atoms with Crippen LogP contribution in [0.4, 0.5) is 0 Å². The van der Waals surface area contributed by atoms with Crippen molar-refractivity contribution in [1.29, 1.82) is 0 Å². The number of hydrogen-bond donors (Lipinski definition) is 1. The summed E-state index contributed by atoms with van der Waals surface area (Å²) >= 11 is 0. The van der Waals surface area contributed by atoms with Crippen LogP contribution in [-0.4, -0.2) is 68.0 Å². The fourth-order valence-electron chi connectivity index (χ4n) is 3.28. The van der Waals surface area contributed by atoms with Crippen LogP contribution in [0.15, 0.2) is 0 Å². The molecular weight excluding hydrogens is 314 g/mol. The summed E-state index contributed by atoms with van der Waals surface area (Å²) < 4.78 is 24.8. The summed E-state index contributed by atoms with van der Waals surface area (Å²) in [5.41, 5.74) is 0. The van der Waals surface area contributed by atoms with E-state index in [0.717, 1.165) is 6.54 Å². The lowest BCUT2D eigenvalue weighted by Gasteiger charge is -2.27. The van der Waals surface area contributed by atoms with Gasteiger partial charge in [-0.15, -0.1) is 0 Å². The van der Waals surface area contributed by atoms with Crippen LogP contribution >= 0.6 is 0 Å². The SMILES string of the molecule is CCN(CC(=O)NCCCN(C(C)C)S(C)(=O)=O)C1CCCC1. The predicted octanol–water partition coefficient (Wildman–Crippen LogP) is 1.43. The molecule has 1 saturated carbocycles. The van der Waals surface area contributed by atoms with E-state index < -0.39 is 10.0 Å². The number of carbonyl (C=O) groups is 1.